The van der Waals surface area contributed by atoms with Gasteiger partial charge >= 0.3 is 6.03 Å². The van der Waals surface area contributed by atoms with Gasteiger partial charge in [-0.25, -0.2) is 4.79 Å². The van der Waals surface area contributed by atoms with Gasteiger partial charge in [0.1, 0.15) is 0 Å². The molecule has 2 aromatic carbocycles. The lowest BCUT2D eigenvalue weighted by molar-refractivity contribution is 0.252. The summed E-state index contributed by atoms with van der Waals surface area (Å²) in [5.41, 5.74) is 2.90. The van der Waals surface area contributed by atoms with E-state index in [-0.39, 0.29) is 6.03 Å². The lowest BCUT2D eigenvalue weighted by atomic mass is 10.2. The number of benzene rings is 2. The fourth-order valence-corrected chi connectivity index (χ4v) is 2.81. The molecule has 2 rings (SSSR count). The predicted molar refractivity (Wildman–Crippen MR) is 103 cm³/mol. The maximum absolute atomic E-state index is 12.0. The van der Waals surface area contributed by atoms with Gasteiger partial charge in [0, 0.05) is 30.3 Å². The van der Waals surface area contributed by atoms with Gasteiger partial charge in [-0.1, -0.05) is 35.3 Å². The first kappa shape index (κ1) is 18.4. The molecule has 2 amide bonds. The number of halogens is 2. The molecule has 0 saturated heterocycles. The first-order valence-corrected chi connectivity index (χ1v) is 8.56. The van der Waals surface area contributed by atoms with Crippen LogP contribution in [0.1, 0.15) is 12.5 Å². The molecule has 0 fully saturated rings. The number of rotatable bonds is 6. The molecule has 0 spiro atoms. The third kappa shape index (κ3) is 5.32. The SMILES string of the molecule is CCN(CCNC(=O)Nc1ccc(Cl)cc1Cl)c1cccc(C)c1. The first-order chi connectivity index (χ1) is 11.5. The van der Waals surface area contributed by atoms with E-state index in [0.717, 1.165) is 18.8 Å². The molecule has 2 N–H and O–H groups in total. The Balaban J connectivity index is 1.85. The average molecular weight is 366 g/mol. The molecule has 24 heavy (non-hydrogen) atoms. The summed E-state index contributed by atoms with van der Waals surface area (Å²) in [7, 11) is 0. The Morgan fingerprint density at radius 2 is 1.96 bits per heavy atom. The minimum atomic E-state index is -0.292. The molecule has 0 aromatic heterocycles. The van der Waals surface area contributed by atoms with Crippen molar-refractivity contribution >= 4 is 40.6 Å². The van der Waals surface area contributed by atoms with E-state index >= 15 is 0 Å². The minimum absolute atomic E-state index is 0.292. The van der Waals surface area contributed by atoms with Gasteiger partial charge in [0.2, 0.25) is 0 Å². The highest BCUT2D eigenvalue weighted by Gasteiger charge is 2.08. The Labute approximate surface area is 152 Å². The van der Waals surface area contributed by atoms with Crippen molar-refractivity contribution in [2.45, 2.75) is 13.8 Å². The van der Waals surface area contributed by atoms with E-state index in [2.05, 4.69) is 47.6 Å². The van der Waals surface area contributed by atoms with Crippen LogP contribution in [-0.4, -0.2) is 25.7 Å². The molecule has 2 aromatic rings. The Hall–Kier alpha value is -1.91. The summed E-state index contributed by atoms with van der Waals surface area (Å²) in [5.74, 6) is 0. The van der Waals surface area contributed by atoms with Crippen LogP contribution in [0.2, 0.25) is 10.0 Å². The fraction of sp³-hybridized carbons (Fsp3) is 0.278. The largest absolute Gasteiger partial charge is 0.370 e. The van der Waals surface area contributed by atoms with Gasteiger partial charge in [-0.05, 0) is 49.7 Å². The lowest BCUT2D eigenvalue weighted by Gasteiger charge is -2.23. The molecule has 4 nitrogen and oxygen atoms in total. The van der Waals surface area contributed by atoms with Crippen molar-refractivity contribution in [3.8, 4) is 0 Å². The molecule has 0 radical (unpaired) electrons. The molecule has 0 aliphatic carbocycles. The zero-order chi connectivity index (χ0) is 17.5. The molecular weight excluding hydrogens is 345 g/mol. The molecular formula is C18H21Cl2N3O. The van der Waals surface area contributed by atoms with Gasteiger partial charge in [0.15, 0.2) is 0 Å². The number of hydrogen-bond acceptors (Lipinski definition) is 2. The summed E-state index contributed by atoms with van der Waals surface area (Å²) in [6.45, 7) is 6.28. The zero-order valence-corrected chi connectivity index (χ0v) is 15.3. The minimum Gasteiger partial charge on any atom is -0.370 e. The molecule has 0 heterocycles. The number of hydrogen-bond donors (Lipinski definition) is 2. The number of amides is 2. The topological polar surface area (TPSA) is 44.4 Å². The van der Waals surface area contributed by atoms with Crippen LogP contribution in [0.15, 0.2) is 42.5 Å². The number of aryl methyl sites for hydroxylation is 1. The number of likely N-dealkylation sites (N-methyl/N-ethyl adjacent to an activating group) is 1. The average Bonchev–Trinajstić information content (AvgIpc) is 2.54. The van der Waals surface area contributed by atoms with Gasteiger partial charge in [0.05, 0.1) is 10.7 Å². The highest BCUT2D eigenvalue weighted by Crippen LogP contribution is 2.25. The van der Waals surface area contributed by atoms with E-state index in [0.29, 0.717) is 22.3 Å². The van der Waals surface area contributed by atoms with E-state index in [1.807, 2.05) is 6.07 Å². The zero-order valence-electron chi connectivity index (χ0n) is 13.8. The Morgan fingerprint density at radius 3 is 2.62 bits per heavy atom. The van der Waals surface area contributed by atoms with Crippen molar-refractivity contribution < 1.29 is 4.79 Å². The van der Waals surface area contributed by atoms with Crippen molar-refractivity contribution in [1.82, 2.24) is 5.32 Å². The number of carbonyl (C=O) groups is 1. The van der Waals surface area contributed by atoms with E-state index in [9.17, 15) is 4.79 Å². The number of urea groups is 1. The number of anilines is 2. The van der Waals surface area contributed by atoms with E-state index in [4.69, 9.17) is 23.2 Å². The second kappa shape index (κ2) is 8.81. The number of nitrogens with zero attached hydrogens (tertiary/aromatic N) is 1. The summed E-state index contributed by atoms with van der Waals surface area (Å²) in [4.78, 5) is 14.2. The summed E-state index contributed by atoms with van der Waals surface area (Å²) in [5, 5.41) is 6.50. The van der Waals surface area contributed by atoms with Crippen LogP contribution in [0.25, 0.3) is 0 Å². The highest BCUT2D eigenvalue weighted by atomic mass is 35.5. The smallest absolute Gasteiger partial charge is 0.319 e. The van der Waals surface area contributed by atoms with Crippen molar-refractivity contribution in [3.05, 3.63) is 58.1 Å². The van der Waals surface area contributed by atoms with Crippen molar-refractivity contribution in [2.75, 3.05) is 29.9 Å². The number of carbonyl (C=O) groups excluding carboxylic acids is 1. The fourth-order valence-electron chi connectivity index (χ4n) is 2.36. The van der Waals surface area contributed by atoms with Crippen molar-refractivity contribution in [3.63, 3.8) is 0 Å². The molecule has 128 valence electrons. The molecule has 0 saturated carbocycles. The third-order valence-corrected chi connectivity index (χ3v) is 4.14. The summed E-state index contributed by atoms with van der Waals surface area (Å²) >= 11 is 11.9. The van der Waals surface area contributed by atoms with E-state index in [1.165, 1.54) is 5.56 Å². The highest BCUT2D eigenvalue weighted by molar-refractivity contribution is 6.36. The quantitative estimate of drug-likeness (QED) is 0.760. The maximum atomic E-state index is 12.0. The van der Waals surface area contributed by atoms with E-state index in [1.54, 1.807) is 18.2 Å². The predicted octanol–water partition coefficient (Wildman–Crippen LogP) is 4.95. The first-order valence-electron chi connectivity index (χ1n) is 7.81. The Kier molecular flexibility index (Phi) is 6.76. The van der Waals surface area contributed by atoms with Gasteiger partial charge in [-0.3, -0.25) is 0 Å². The van der Waals surface area contributed by atoms with Crippen LogP contribution in [0.5, 0.6) is 0 Å². The Morgan fingerprint density at radius 1 is 1.17 bits per heavy atom. The second-order valence-electron chi connectivity index (χ2n) is 5.42. The van der Waals surface area contributed by atoms with Gasteiger partial charge in [-0.2, -0.15) is 0 Å². The molecule has 0 aliphatic rings. The molecule has 0 atom stereocenters. The number of nitrogens with one attached hydrogen (secondary N) is 2. The summed E-state index contributed by atoms with van der Waals surface area (Å²) < 4.78 is 0. The summed E-state index contributed by atoms with van der Waals surface area (Å²) in [6.07, 6.45) is 0. The molecule has 0 bridgehead atoms. The van der Waals surface area contributed by atoms with Gasteiger partial charge in [-0.15, -0.1) is 0 Å². The van der Waals surface area contributed by atoms with Crippen LogP contribution in [0.3, 0.4) is 0 Å². The molecule has 0 aliphatic heterocycles. The van der Waals surface area contributed by atoms with Crippen LogP contribution in [-0.2, 0) is 0 Å². The van der Waals surface area contributed by atoms with Crippen LogP contribution >= 0.6 is 23.2 Å². The second-order valence-corrected chi connectivity index (χ2v) is 6.27. The lowest BCUT2D eigenvalue weighted by Crippen LogP contribution is -2.37. The van der Waals surface area contributed by atoms with Crippen molar-refractivity contribution in [1.29, 1.82) is 0 Å². The Bertz CT molecular complexity index is 706. The monoisotopic (exact) mass is 365 g/mol. The normalized spacial score (nSPS) is 10.3. The van der Waals surface area contributed by atoms with Crippen molar-refractivity contribution in [2.24, 2.45) is 0 Å². The van der Waals surface area contributed by atoms with Gasteiger partial charge < -0.3 is 15.5 Å². The standard InChI is InChI=1S/C18H21Cl2N3O/c1-3-23(15-6-4-5-13(2)11-15)10-9-21-18(24)22-17-8-7-14(19)12-16(17)20/h4-8,11-12H,3,9-10H2,1-2H3,(H2,21,22,24). The maximum Gasteiger partial charge on any atom is 0.319 e. The molecule has 0 unspecified atom stereocenters. The third-order valence-electron chi connectivity index (χ3n) is 3.60. The van der Waals surface area contributed by atoms with Crippen LogP contribution < -0.4 is 15.5 Å². The van der Waals surface area contributed by atoms with E-state index < -0.39 is 0 Å². The summed E-state index contributed by atoms with van der Waals surface area (Å²) in [6, 6.07) is 13.0. The van der Waals surface area contributed by atoms with Crippen LogP contribution in [0, 0.1) is 6.92 Å². The van der Waals surface area contributed by atoms with Crippen LogP contribution in [0.4, 0.5) is 16.2 Å². The molecule has 6 heteroatoms. The van der Waals surface area contributed by atoms with Gasteiger partial charge in [0.25, 0.3) is 0 Å².